The smallest absolute Gasteiger partial charge is 0.347 e. The van der Waals surface area contributed by atoms with Crippen molar-refractivity contribution in [2.75, 3.05) is 0 Å². The molecule has 0 amide bonds. The van der Waals surface area contributed by atoms with Crippen LogP contribution in [0.2, 0.25) is 0 Å². The third-order valence-corrected chi connectivity index (χ3v) is 2.68. The van der Waals surface area contributed by atoms with Gasteiger partial charge in [0.25, 0.3) is 0 Å². The molecule has 0 N–H and O–H groups in total. The van der Waals surface area contributed by atoms with Gasteiger partial charge in [-0.25, -0.2) is 0 Å². The molecular formula is C10H15LiSi. The minimum atomic E-state index is -0.0663. The topological polar surface area (TPSA) is 0 Å². The molecule has 0 atom stereocenters. The molecule has 1 rings (SSSR count). The van der Waals surface area contributed by atoms with Crippen LogP contribution in [0.25, 0.3) is 0 Å². The van der Waals surface area contributed by atoms with Crippen molar-refractivity contribution in [3.63, 3.8) is 0 Å². The van der Waals surface area contributed by atoms with Crippen LogP contribution in [0.1, 0.15) is 16.7 Å². The molecule has 0 aromatic heterocycles. The molecular weight excluding hydrogens is 155 g/mol. The van der Waals surface area contributed by atoms with E-state index in [1.165, 1.54) is 22.7 Å². The molecule has 0 fully saturated rings. The average Bonchev–Trinajstić information content (AvgIpc) is 1.85. The zero-order valence-electron chi connectivity index (χ0n) is 8.35. The number of aryl methyl sites for hydroxylation is 2. The van der Waals surface area contributed by atoms with Gasteiger partial charge in [0, 0.05) is 0 Å². The zero-order chi connectivity index (χ0) is 8.27. The number of hydrogen-bond donors (Lipinski definition) is 0. The van der Waals surface area contributed by atoms with Crippen molar-refractivity contribution in [1.82, 2.24) is 0 Å². The van der Waals surface area contributed by atoms with Crippen LogP contribution in [0.3, 0.4) is 0 Å². The average molecular weight is 170 g/mol. The Morgan fingerprint density at radius 3 is 2.08 bits per heavy atom. The zero-order valence-corrected chi connectivity index (χ0v) is 9.77. The van der Waals surface area contributed by atoms with Crippen LogP contribution in [0.15, 0.2) is 18.2 Å². The molecule has 0 nitrogen and oxygen atoms in total. The molecule has 0 heterocycles. The van der Waals surface area contributed by atoms with Crippen LogP contribution in [-0.2, 0) is 6.04 Å². The van der Waals surface area contributed by atoms with E-state index in [0.29, 0.717) is 0 Å². The van der Waals surface area contributed by atoms with Gasteiger partial charge >= 0.3 is 18.9 Å². The third-order valence-electron chi connectivity index (χ3n) is 1.75. The Labute approximate surface area is 89.8 Å². The molecule has 0 aliphatic carbocycles. The van der Waals surface area contributed by atoms with Crippen LogP contribution in [0.4, 0.5) is 0 Å². The summed E-state index contributed by atoms with van der Waals surface area (Å²) in [5.41, 5.74) is 4.23. The molecule has 12 heavy (non-hydrogen) atoms. The fourth-order valence-corrected chi connectivity index (χ4v) is 2.11. The summed E-state index contributed by atoms with van der Waals surface area (Å²) in [4.78, 5) is 0. The largest absolute Gasteiger partial charge is 1.00 e. The summed E-state index contributed by atoms with van der Waals surface area (Å²) in [7, 11) is -0.0663. The van der Waals surface area contributed by atoms with Crippen molar-refractivity contribution in [1.29, 1.82) is 0 Å². The summed E-state index contributed by atoms with van der Waals surface area (Å²) in [5, 5.41) is 0. The van der Waals surface area contributed by atoms with Gasteiger partial charge in [-0.1, -0.05) is 40.9 Å². The van der Waals surface area contributed by atoms with E-state index in [2.05, 4.69) is 38.6 Å². The fraction of sp³-hybridized carbons (Fsp3) is 0.300. The van der Waals surface area contributed by atoms with Gasteiger partial charge in [-0.3, -0.25) is 0 Å². The van der Waals surface area contributed by atoms with Crippen LogP contribution >= 0.6 is 0 Å². The predicted octanol–water partition coefficient (Wildman–Crippen LogP) is -1.23. The van der Waals surface area contributed by atoms with E-state index in [4.69, 9.17) is 0 Å². The van der Waals surface area contributed by atoms with Gasteiger partial charge in [0.1, 0.15) is 0 Å². The van der Waals surface area contributed by atoms with E-state index in [-0.39, 0.29) is 28.4 Å². The SMILES string of the molecule is [CH2-][SiH2]Cc1cc(C)cc(C)c1.[Li+]. The van der Waals surface area contributed by atoms with Gasteiger partial charge in [0.2, 0.25) is 0 Å². The Balaban J connectivity index is 0.00000121. The molecule has 2 heteroatoms. The number of hydrogen-bond acceptors (Lipinski definition) is 0. The normalized spacial score (nSPS) is 10.2. The van der Waals surface area contributed by atoms with Gasteiger partial charge in [-0.2, -0.15) is 0 Å². The Morgan fingerprint density at radius 2 is 1.67 bits per heavy atom. The van der Waals surface area contributed by atoms with Gasteiger partial charge in [-0.15, -0.1) is 9.52 Å². The first-order chi connectivity index (χ1) is 5.22. The molecule has 60 valence electrons. The number of rotatable bonds is 2. The first-order valence-electron chi connectivity index (χ1n) is 4.09. The van der Waals surface area contributed by atoms with E-state index < -0.39 is 0 Å². The van der Waals surface area contributed by atoms with E-state index in [1.807, 2.05) is 0 Å². The van der Waals surface area contributed by atoms with Gasteiger partial charge in [0.05, 0.1) is 0 Å². The predicted molar refractivity (Wildman–Crippen MR) is 53.5 cm³/mol. The summed E-state index contributed by atoms with van der Waals surface area (Å²) in [6.45, 7) is 8.29. The Morgan fingerprint density at radius 1 is 1.17 bits per heavy atom. The third kappa shape index (κ3) is 3.62. The van der Waals surface area contributed by atoms with Crippen molar-refractivity contribution in [3.05, 3.63) is 41.4 Å². The molecule has 0 saturated heterocycles. The van der Waals surface area contributed by atoms with Crippen LogP contribution in [0.5, 0.6) is 0 Å². The van der Waals surface area contributed by atoms with E-state index >= 15 is 0 Å². The van der Waals surface area contributed by atoms with Crippen molar-refractivity contribution < 1.29 is 18.9 Å². The Kier molecular flexibility index (Phi) is 5.66. The standard InChI is InChI=1S/C10H15Si.Li/c1-8-4-9(2)6-10(5-8)7-11-3;/h4-6H,3,7,11H2,1-2H3;/q-1;+1. The van der Waals surface area contributed by atoms with Crippen molar-refractivity contribution in [3.8, 4) is 0 Å². The van der Waals surface area contributed by atoms with Crippen molar-refractivity contribution in [2.24, 2.45) is 0 Å². The van der Waals surface area contributed by atoms with Gasteiger partial charge in [-0.05, 0) is 13.8 Å². The van der Waals surface area contributed by atoms with Crippen LogP contribution in [-0.4, -0.2) is 9.52 Å². The molecule has 1 aromatic rings. The molecule has 0 aliphatic heterocycles. The van der Waals surface area contributed by atoms with Gasteiger partial charge < -0.3 is 6.55 Å². The van der Waals surface area contributed by atoms with Crippen molar-refractivity contribution in [2.45, 2.75) is 19.9 Å². The maximum absolute atomic E-state index is 3.98. The molecule has 0 aliphatic rings. The first kappa shape index (κ1) is 12.0. The summed E-state index contributed by atoms with van der Waals surface area (Å²) < 4.78 is 0. The maximum Gasteiger partial charge on any atom is 1.00 e. The van der Waals surface area contributed by atoms with Gasteiger partial charge in [0.15, 0.2) is 0 Å². The Bertz CT molecular complexity index is 225. The maximum atomic E-state index is 3.98. The second kappa shape index (κ2) is 5.64. The quantitative estimate of drug-likeness (QED) is 0.385. The summed E-state index contributed by atoms with van der Waals surface area (Å²) in [6.07, 6.45) is 0. The van der Waals surface area contributed by atoms with E-state index in [0.717, 1.165) is 0 Å². The number of benzene rings is 1. The van der Waals surface area contributed by atoms with Crippen LogP contribution < -0.4 is 18.9 Å². The molecule has 0 unspecified atom stereocenters. The monoisotopic (exact) mass is 170 g/mol. The molecule has 1 aromatic carbocycles. The second-order valence-electron chi connectivity index (χ2n) is 3.10. The van der Waals surface area contributed by atoms with Crippen molar-refractivity contribution >= 4 is 9.52 Å². The minimum Gasteiger partial charge on any atom is -0.347 e. The van der Waals surface area contributed by atoms with E-state index in [9.17, 15) is 0 Å². The summed E-state index contributed by atoms with van der Waals surface area (Å²) in [5.74, 6) is 0. The Hall–Kier alpha value is 0.0343. The molecule has 0 bridgehead atoms. The first-order valence-corrected chi connectivity index (χ1v) is 6.09. The second-order valence-corrected chi connectivity index (χ2v) is 4.31. The molecule has 0 spiro atoms. The van der Waals surface area contributed by atoms with Crippen LogP contribution in [0, 0.1) is 20.4 Å². The minimum absolute atomic E-state index is 0. The fourth-order valence-electron chi connectivity index (χ4n) is 1.42. The molecule has 0 radical (unpaired) electrons. The summed E-state index contributed by atoms with van der Waals surface area (Å²) in [6, 6.07) is 7.99. The summed E-state index contributed by atoms with van der Waals surface area (Å²) >= 11 is 0. The van der Waals surface area contributed by atoms with E-state index in [1.54, 1.807) is 0 Å². The molecule has 0 saturated carbocycles.